The molecule has 1 unspecified atom stereocenters. The van der Waals surface area contributed by atoms with E-state index in [-0.39, 0.29) is 17.6 Å². The third-order valence-electron chi connectivity index (χ3n) is 5.03. The number of carbonyl (C=O) groups is 1. The predicted molar refractivity (Wildman–Crippen MR) is 110 cm³/mol. The number of carbonyl (C=O) groups excluding carboxylic acids is 1. The van der Waals surface area contributed by atoms with Crippen molar-refractivity contribution in [3.8, 4) is 10.7 Å². The molecule has 2 aromatic heterocycles. The van der Waals surface area contributed by atoms with Crippen LogP contribution >= 0.6 is 11.3 Å². The number of hydrogen-bond donors (Lipinski definition) is 0. The molecule has 1 saturated heterocycles. The fourth-order valence-electron chi connectivity index (χ4n) is 3.26. The third kappa shape index (κ3) is 4.25. The van der Waals surface area contributed by atoms with Gasteiger partial charge in [-0.1, -0.05) is 23.4 Å². The molecule has 3 heterocycles. The van der Waals surface area contributed by atoms with Crippen LogP contribution in [0, 0.1) is 0 Å². The van der Waals surface area contributed by atoms with Gasteiger partial charge < -0.3 is 9.42 Å². The van der Waals surface area contributed by atoms with Crippen LogP contribution in [-0.2, 0) is 15.6 Å². The van der Waals surface area contributed by atoms with E-state index in [0.29, 0.717) is 17.0 Å². The maximum absolute atomic E-state index is 12.8. The number of hydrogen-bond acceptors (Lipinski definition) is 7. The van der Waals surface area contributed by atoms with Gasteiger partial charge in [0.2, 0.25) is 11.7 Å². The molecule has 152 valence electrons. The van der Waals surface area contributed by atoms with Gasteiger partial charge in [0, 0.05) is 18.7 Å². The van der Waals surface area contributed by atoms with Crippen LogP contribution in [-0.4, -0.2) is 42.5 Å². The molecule has 1 amide bonds. The summed E-state index contributed by atoms with van der Waals surface area (Å²) in [4.78, 5) is 19.3. The summed E-state index contributed by atoms with van der Waals surface area (Å²) in [5.41, 5.74) is 1.20. The summed E-state index contributed by atoms with van der Waals surface area (Å²) in [7, 11) is -3.56. The van der Waals surface area contributed by atoms with E-state index in [2.05, 4.69) is 10.1 Å². The van der Waals surface area contributed by atoms with E-state index in [1.807, 2.05) is 22.4 Å². The molecule has 9 heteroatoms. The van der Waals surface area contributed by atoms with Crippen molar-refractivity contribution < 1.29 is 17.7 Å². The van der Waals surface area contributed by atoms with Gasteiger partial charge in [0.15, 0.2) is 9.84 Å². The first-order valence-electron chi connectivity index (χ1n) is 9.41. The molecule has 0 saturated carbocycles. The highest BCUT2D eigenvalue weighted by Gasteiger charge is 2.29. The zero-order valence-electron chi connectivity index (χ0n) is 15.9. The first-order chi connectivity index (χ1) is 13.9. The first-order valence-corrected chi connectivity index (χ1v) is 12.0. The molecule has 1 aliphatic rings. The number of nitrogens with zero attached hydrogens (tertiary/aromatic N) is 3. The molecule has 7 nitrogen and oxygen atoms in total. The number of aromatic nitrogens is 2. The lowest BCUT2D eigenvalue weighted by Crippen LogP contribution is -2.27. The second-order valence-electron chi connectivity index (χ2n) is 7.08. The van der Waals surface area contributed by atoms with Gasteiger partial charge in [-0.05, 0) is 48.9 Å². The van der Waals surface area contributed by atoms with Crippen LogP contribution in [0.2, 0.25) is 0 Å². The lowest BCUT2D eigenvalue weighted by Gasteiger charge is -2.15. The Morgan fingerprint density at radius 3 is 2.59 bits per heavy atom. The van der Waals surface area contributed by atoms with Gasteiger partial charge >= 0.3 is 0 Å². The molecular weight excluding hydrogens is 410 g/mol. The van der Waals surface area contributed by atoms with Gasteiger partial charge in [0.05, 0.1) is 10.6 Å². The van der Waals surface area contributed by atoms with Crippen LogP contribution < -0.4 is 0 Å². The maximum atomic E-state index is 12.8. The van der Waals surface area contributed by atoms with Crippen molar-refractivity contribution in [3.05, 3.63) is 58.8 Å². The lowest BCUT2D eigenvalue weighted by molar-refractivity contribution is 0.0793. The SMILES string of the molecule is CC(c1nc(-c2cccs2)no1)S(=O)(=O)Cc1ccc(C(=O)N2CCCC2)cc1. The number of benzene rings is 1. The van der Waals surface area contributed by atoms with Crippen molar-refractivity contribution in [2.45, 2.75) is 30.8 Å². The van der Waals surface area contributed by atoms with Crippen molar-refractivity contribution in [1.82, 2.24) is 15.0 Å². The minimum absolute atomic E-state index is 0.00255. The smallest absolute Gasteiger partial charge is 0.253 e. The van der Waals surface area contributed by atoms with E-state index in [1.54, 1.807) is 31.2 Å². The summed E-state index contributed by atoms with van der Waals surface area (Å²) >= 11 is 1.46. The standard InChI is InChI=1S/C20H21N3O4S2/c1-14(19-21-18(22-27-19)17-5-4-12-28-17)29(25,26)13-15-6-8-16(9-7-15)20(24)23-10-2-3-11-23/h4-9,12,14H,2-3,10-11,13H2,1H3. The minimum atomic E-state index is -3.56. The third-order valence-corrected chi connectivity index (χ3v) is 7.91. The summed E-state index contributed by atoms with van der Waals surface area (Å²) in [6, 6.07) is 10.5. The molecule has 0 radical (unpaired) electrons. The van der Waals surface area contributed by atoms with Crippen molar-refractivity contribution in [2.75, 3.05) is 13.1 Å². The molecule has 0 aliphatic carbocycles. The predicted octanol–water partition coefficient (Wildman–Crippen LogP) is 3.71. The van der Waals surface area contributed by atoms with E-state index in [4.69, 9.17) is 4.52 Å². The molecule has 0 N–H and O–H groups in total. The van der Waals surface area contributed by atoms with Crippen molar-refractivity contribution in [2.24, 2.45) is 0 Å². The van der Waals surface area contributed by atoms with Gasteiger partial charge in [0.25, 0.3) is 5.91 Å². The molecule has 0 spiro atoms. The molecule has 1 fully saturated rings. The number of thiophene rings is 1. The number of rotatable bonds is 6. The zero-order chi connectivity index (χ0) is 20.4. The Morgan fingerprint density at radius 2 is 1.93 bits per heavy atom. The number of sulfone groups is 1. The van der Waals surface area contributed by atoms with Crippen LogP contribution in [0.5, 0.6) is 0 Å². The Labute approximate surface area is 173 Å². The Balaban J connectivity index is 1.46. The Bertz CT molecular complexity index is 1080. The highest BCUT2D eigenvalue weighted by molar-refractivity contribution is 7.90. The van der Waals surface area contributed by atoms with E-state index >= 15 is 0 Å². The second kappa shape index (κ2) is 8.08. The molecule has 4 rings (SSSR count). The van der Waals surface area contributed by atoms with Crippen LogP contribution in [0.4, 0.5) is 0 Å². The lowest BCUT2D eigenvalue weighted by atomic mass is 10.1. The second-order valence-corrected chi connectivity index (χ2v) is 10.3. The van der Waals surface area contributed by atoms with E-state index < -0.39 is 15.1 Å². The highest BCUT2D eigenvalue weighted by Crippen LogP contribution is 2.28. The van der Waals surface area contributed by atoms with Gasteiger partial charge in [-0.3, -0.25) is 4.79 Å². The largest absolute Gasteiger partial charge is 0.339 e. The Hall–Kier alpha value is -2.52. The molecule has 1 aliphatic heterocycles. The number of likely N-dealkylation sites (tertiary alicyclic amines) is 1. The fraction of sp³-hybridized carbons (Fsp3) is 0.350. The fourth-order valence-corrected chi connectivity index (χ4v) is 5.22. The quantitative estimate of drug-likeness (QED) is 0.591. The van der Waals surface area contributed by atoms with Gasteiger partial charge in [-0.25, -0.2) is 8.42 Å². The first kappa shape index (κ1) is 19.8. The topological polar surface area (TPSA) is 93.4 Å². The summed E-state index contributed by atoms with van der Waals surface area (Å²) in [5, 5.41) is 4.86. The van der Waals surface area contributed by atoms with Crippen LogP contribution in [0.25, 0.3) is 10.7 Å². The molecule has 3 aromatic rings. The summed E-state index contributed by atoms with van der Waals surface area (Å²) < 4.78 is 30.8. The number of amides is 1. The average Bonchev–Trinajstić information content (AvgIpc) is 3.49. The van der Waals surface area contributed by atoms with E-state index in [1.165, 1.54) is 11.3 Å². The average molecular weight is 432 g/mol. The highest BCUT2D eigenvalue weighted by atomic mass is 32.2. The summed E-state index contributed by atoms with van der Waals surface area (Å²) in [6.45, 7) is 3.11. The monoisotopic (exact) mass is 431 g/mol. The Kier molecular flexibility index (Phi) is 5.51. The van der Waals surface area contributed by atoms with E-state index in [0.717, 1.165) is 30.8 Å². The molecular formula is C20H21N3O4S2. The van der Waals surface area contributed by atoms with E-state index in [9.17, 15) is 13.2 Å². The van der Waals surface area contributed by atoms with Gasteiger partial charge in [0.1, 0.15) is 5.25 Å². The normalized spacial score (nSPS) is 15.6. The zero-order valence-corrected chi connectivity index (χ0v) is 17.6. The van der Waals surface area contributed by atoms with Crippen molar-refractivity contribution >= 4 is 27.1 Å². The van der Waals surface area contributed by atoms with Gasteiger partial charge in [-0.15, -0.1) is 11.3 Å². The molecule has 29 heavy (non-hydrogen) atoms. The summed E-state index contributed by atoms with van der Waals surface area (Å²) in [5.74, 6) is 0.302. The van der Waals surface area contributed by atoms with Gasteiger partial charge in [-0.2, -0.15) is 4.98 Å². The van der Waals surface area contributed by atoms with Crippen LogP contribution in [0.3, 0.4) is 0 Å². The maximum Gasteiger partial charge on any atom is 0.253 e. The molecule has 1 aromatic carbocycles. The Morgan fingerprint density at radius 1 is 1.21 bits per heavy atom. The molecule has 1 atom stereocenters. The molecule has 0 bridgehead atoms. The van der Waals surface area contributed by atoms with Crippen LogP contribution in [0.15, 0.2) is 46.3 Å². The van der Waals surface area contributed by atoms with Crippen molar-refractivity contribution in [3.63, 3.8) is 0 Å². The van der Waals surface area contributed by atoms with Crippen molar-refractivity contribution in [1.29, 1.82) is 0 Å². The minimum Gasteiger partial charge on any atom is -0.339 e. The van der Waals surface area contributed by atoms with Crippen LogP contribution in [0.1, 0.15) is 46.8 Å². The summed E-state index contributed by atoms with van der Waals surface area (Å²) in [6.07, 6.45) is 2.06.